The van der Waals surface area contributed by atoms with Gasteiger partial charge in [0.25, 0.3) is 0 Å². The van der Waals surface area contributed by atoms with Crippen LogP contribution in [0.5, 0.6) is 0 Å². The Kier molecular flexibility index (Phi) is 3.82. The van der Waals surface area contributed by atoms with E-state index in [4.69, 9.17) is 5.26 Å². The molecule has 3 heteroatoms. The molecule has 2 rings (SSSR count). The molecule has 0 amide bonds. The van der Waals surface area contributed by atoms with Crippen molar-refractivity contribution in [1.82, 2.24) is 0 Å². The summed E-state index contributed by atoms with van der Waals surface area (Å²) >= 11 is 0. The van der Waals surface area contributed by atoms with E-state index in [9.17, 15) is 4.39 Å². The molecule has 96 valence electrons. The quantitative estimate of drug-likeness (QED) is 0.900. The molecule has 2 aromatic carbocycles. The molecule has 0 aliphatic rings. The summed E-state index contributed by atoms with van der Waals surface area (Å²) in [6, 6.07) is 12.7. The second-order valence-electron chi connectivity index (χ2n) is 4.49. The molecule has 0 aliphatic heterocycles. The van der Waals surface area contributed by atoms with Crippen LogP contribution in [-0.4, -0.2) is 0 Å². The van der Waals surface area contributed by atoms with Gasteiger partial charge in [-0.25, -0.2) is 4.39 Å². The van der Waals surface area contributed by atoms with Crippen molar-refractivity contribution in [1.29, 1.82) is 5.26 Å². The molecule has 0 saturated carbocycles. The Labute approximate surface area is 112 Å². The van der Waals surface area contributed by atoms with Crippen LogP contribution >= 0.6 is 0 Å². The van der Waals surface area contributed by atoms with Gasteiger partial charge in [0, 0.05) is 17.8 Å². The molecule has 0 unspecified atom stereocenters. The van der Waals surface area contributed by atoms with Crippen molar-refractivity contribution in [3.8, 4) is 6.07 Å². The molecule has 19 heavy (non-hydrogen) atoms. The zero-order chi connectivity index (χ0) is 13.8. The normalized spacial score (nSPS) is 10.0. The lowest BCUT2D eigenvalue weighted by molar-refractivity contribution is 0.609. The smallest absolute Gasteiger partial charge is 0.145 e. The topological polar surface area (TPSA) is 35.8 Å². The van der Waals surface area contributed by atoms with Gasteiger partial charge in [0.2, 0.25) is 0 Å². The van der Waals surface area contributed by atoms with E-state index in [2.05, 4.69) is 5.32 Å². The number of benzene rings is 2. The number of aryl methyl sites for hydroxylation is 1. The Bertz CT molecular complexity index is 642. The number of nitrogens with zero attached hydrogens (tertiary/aromatic N) is 1. The fourth-order valence-electron chi connectivity index (χ4n) is 1.94. The number of nitriles is 1. The first-order valence-electron chi connectivity index (χ1n) is 6.11. The van der Waals surface area contributed by atoms with Gasteiger partial charge in [0.1, 0.15) is 11.9 Å². The van der Waals surface area contributed by atoms with Gasteiger partial charge in [-0.3, -0.25) is 0 Å². The summed E-state index contributed by atoms with van der Waals surface area (Å²) in [7, 11) is 0. The summed E-state index contributed by atoms with van der Waals surface area (Å²) in [5, 5.41) is 12.0. The predicted octanol–water partition coefficient (Wildman–Crippen LogP) is 3.93. The van der Waals surface area contributed by atoms with Crippen LogP contribution in [0.15, 0.2) is 36.4 Å². The molecule has 0 atom stereocenters. The number of rotatable bonds is 3. The number of nitrogens with one attached hydrogen (secondary N) is 1. The molecular formula is C16H15FN2. The van der Waals surface area contributed by atoms with Gasteiger partial charge in [-0.2, -0.15) is 5.26 Å². The number of anilines is 1. The molecule has 0 radical (unpaired) electrons. The van der Waals surface area contributed by atoms with E-state index in [0.717, 1.165) is 11.3 Å². The lowest BCUT2D eigenvalue weighted by Gasteiger charge is -2.12. The van der Waals surface area contributed by atoms with Gasteiger partial charge in [-0.1, -0.05) is 24.3 Å². The summed E-state index contributed by atoms with van der Waals surface area (Å²) in [5.41, 5.74) is 3.91. The average molecular weight is 254 g/mol. The van der Waals surface area contributed by atoms with Crippen LogP contribution in [0.2, 0.25) is 0 Å². The minimum absolute atomic E-state index is 0.0836. The number of halogens is 1. The lowest BCUT2D eigenvalue weighted by Crippen LogP contribution is -2.04. The SMILES string of the molecule is Cc1cccc(NCc2cccc(C#N)c2F)c1C. The highest BCUT2D eigenvalue weighted by molar-refractivity contribution is 5.54. The number of hydrogen-bond donors (Lipinski definition) is 1. The minimum atomic E-state index is -0.442. The summed E-state index contributed by atoms with van der Waals surface area (Å²) in [5.74, 6) is -0.442. The molecule has 0 aromatic heterocycles. The van der Waals surface area contributed by atoms with Gasteiger partial charge in [-0.05, 0) is 37.1 Å². The lowest BCUT2D eigenvalue weighted by atomic mass is 10.1. The van der Waals surface area contributed by atoms with Crippen LogP contribution in [-0.2, 0) is 6.54 Å². The van der Waals surface area contributed by atoms with E-state index in [-0.39, 0.29) is 5.56 Å². The summed E-state index contributed by atoms with van der Waals surface area (Å²) in [4.78, 5) is 0. The van der Waals surface area contributed by atoms with Gasteiger partial charge >= 0.3 is 0 Å². The first-order chi connectivity index (χ1) is 9.13. The third-order valence-electron chi connectivity index (χ3n) is 3.27. The van der Waals surface area contributed by atoms with Gasteiger partial charge in [-0.15, -0.1) is 0 Å². The summed E-state index contributed by atoms with van der Waals surface area (Å²) in [6.45, 7) is 4.43. The Morgan fingerprint density at radius 3 is 2.63 bits per heavy atom. The van der Waals surface area contributed by atoms with Crippen molar-refractivity contribution in [2.45, 2.75) is 20.4 Å². The fourth-order valence-corrected chi connectivity index (χ4v) is 1.94. The summed E-state index contributed by atoms with van der Waals surface area (Å²) in [6.07, 6.45) is 0. The zero-order valence-electron chi connectivity index (χ0n) is 11.0. The van der Waals surface area contributed by atoms with Crippen LogP contribution in [0, 0.1) is 31.0 Å². The van der Waals surface area contributed by atoms with E-state index < -0.39 is 5.82 Å². The van der Waals surface area contributed by atoms with E-state index in [1.807, 2.05) is 38.1 Å². The third kappa shape index (κ3) is 2.74. The largest absolute Gasteiger partial charge is 0.381 e. The maximum Gasteiger partial charge on any atom is 0.145 e. The van der Waals surface area contributed by atoms with Crippen molar-refractivity contribution in [3.05, 3.63) is 64.5 Å². The standard InChI is InChI=1S/C16H15FN2/c1-11-5-3-8-15(12(11)2)19-10-14-7-4-6-13(9-18)16(14)17/h3-8,19H,10H2,1-2H3. The highest BCUT2D eigenvalue weighted by Crippen LogP contribution is 2.20. The second-order valence-corrected chi connectivity index (χ2v) is 4.49. The maximum absolute atomic E-state index is 13.9. The van der Waals surface area contributed by atoms with Crippen LogP contribution in [0.25, 0.3) is 0 Å². The van der Waals surface area contributed by atoms with Gasteiger partial charge < -0.3 is 5.32 Å². The second kappa shape index (κ2) is 5.53. The Balaban J connectivity index is 2.20. The Morgan fingerprint density at radius 1 is 1.16 bits per heavy atom. The fraction of sp³-hybridized carbons (Fsp3) is 0.188. The summed E-state index contributed by atoms with van der Waals surface area (Å²) < 4.78 is 13.9. The van der Waals surface area contributed by atoms with E-state index in [0.29, 0.717) is 12.1 Å². The van der Waals surface area contributed by atoms with E-state index >= 15 is 0 Å². The van der Waals surface area contributed by atoms with Crippen molar-refractivity contribution < 1.29 is 4.39 Å². The highest BCUT2D eigenvalue weighted by atomic mass is 19.1. The van der Waals surface area contributed by atoms with Crippen LogP contribution < -0.4 is 5.32 Å². The molecule has 0 fully saturated rings. The van der Waals surface area contributed by atoms with E-state index in [1.165, 1.54) is 11.6 Å². The Morgan fingerprint density at radius 2 is 1.89 bits per heavy atom. The van der Waals surface area contributed by atoms with Crippen molar-refractivity contribution >= 4 is 5.69 Å². The average Bonchev–Trinajstić information content (AvgIpc) is 2.42. The molecule has 0 bridgehead atoms. The molecular weight excluding hydrogens is 239 g/mol. The monoisotopic (exact) mass is 254 g/mol. The third-order valence-corrected chi connectivity index (χ3v) is 3.27. The first kappa shape index (κ1) is 13.1. The van der Waals surface area contributed by atoms with Crippen LogP contribution in [0.4, 0.5) is 10.1 Å². The van der Waals surface area contributed by atoms with Crippen LogP contribution in [0.1, 0.15) is 22.3 Å². The highest BCUT2D eigenvalue weighted by Gasteiger charge is 2.07. The Hall–Kier alpha value is -2.34. The van der Waals surface area contributed by atoms with E-state index in [1.54, 1.807) is 12.1 Å². The molecule has 1 N–H and O–H groups in total. The van der Waals surface area contributed by atoms with Crippen molar-refractivity contribution in [2.75, 3.05) is 5.32 Å². The first-order valence-corrected chi connectivity index (χ1v) is 6.11. The van der Waals surface area contributed by atoms with Gasteiger partial charge in [0.05, 0.1) is 5.56 Å². The molecule has 0 aliphatic carbocycles. The van der Waals surface area contributed by atoms with Crippen molar-refractivity contribution in [3.63, 3.8) is 0 Å². The zero-order valence-corrected chi connectivity index (χ0v) is 11.0. The maximum atomic E-state index is 13.9. The molecule has 2 nitrogen and oxygen atoms in total. The molecule has 2 aromatic rings. The number of hydrogen-bond acceptors (Lipinski definition) is 2. The van der Waals surface area contributed by atoms with Gasteiger partial charge in [0.15, 0.2) is 0 Å². The van der Waals surface area contributed by atoms with Crippen LogP contribution in [0.3, 0.4) is 0 Å². The molecule has 0 heterocycles. The molecule has 0 saturated heterocycles. The van der Waals surface area contributed by atoms with Crippen molar-refractivity contribution in [2.24, 2.45) is 0 Å². The minimum Gasteiger partial charge on any atom is -0.381 e. The predicted molar refractivity (Wildman–Crippen MR) is 74.4 cm³/mol. The molecule has 0 spiro atoms.